The molecular formula is C7H7O4S. The second-order valence-electron chi connectivity index (χ2n) is 2.40. The fourth-order valence-electron chi connectivity index (χ4n) is 0.782. The van der Waals surface area contributed by atoms with E-state index in [-0.39, 0.29) is 10.6 Å². The van der Waals surface area contributed by atoms with E-state index in [9.17, 15) is 13.5 Å². The topological polar surface area (TPSA) is 74.3 Å². The highest BCUT2D eigenvalue weighted by atomic mass is 32.2. The van der Waals surface area contributed by atoms with Crippen molar-refractivity contribution in [1.82, 2.24) is 0 Å². The first kappa shape index (κ1) is 9.02. The molecule has 0 aliphatic carbocycles. The monoisotopic (exact) mass is 187 g/mol. The van der Waals surface area contributed by atoms with Gasteiger partial charge in [0.15, 0.2) is 5.75 Å². The van der Waals surface area contributed by atoms with Crippen molar-refractivity contribution < 1.29 is 18.1 Å². The molecule has 5 heteroatoms. The summed E-state index contributed by atoms with van der Waals surface area (Å²) >= 11 is 0. The number of rotatable bonds is 1. The van der Waals surface area contributed by atoms with E-state index < -0.39 is 10.1 Å². The van der Waals surface area contributed by atoms with E-state index in [1.54, 1.807) is 0 Å². The van der Waals surface area contributed by atoms with Crippen LogP contribution in [-0.2, 0) is 15.2 Å². The summed E-state index contributed by atoms with van der Waals surface area (Å²) in [6.45, 7) is 1.48. The van der Waals surface area contributed by atoms with E-state index in [2.05, 4.69) is 0 Å². The smallest absolute Gasteiger partial charge is 0.290 e. The Labute approximate surface area is 70.2 Å². The molecule has 0 atom stereocenters. The fourth-order valence-corrected chi connectivity index (χ4v) is 1.35. The van der Waals surface area contributed by atoms with Crippen LogP contribution in [0, 0.1) is 6.92 Å². The summed E-state index contributed by atoms with van der Waals surface area (Å²) in [6, 6.07) is 3.32. The molecule has 0 saturated carbocycles. The summed E-state index contributed by atoms with van der Waals surface area (Å²) in [5.41, 5.74) is 0.296. The van der Waals surface area contributed by atoms with E-state index in [1.165, 1.54) is 6.92 Å². The predicted molar refractivity (Wildman–Crippen MR) is 41.1 cm³/mol. The molecule has 1 aromatic rings. The van der Waals surface area contributed by atoms with Crippen LogP contribution in [0.2, 0.25) is 0 Å². The van der Waals surface area contributed by atoms with Crippen molar-refractivity contribution in [2.24, 2.45) is 0 Å². The minimum atomic E-state index is -4.18. The molecule has 0 saturated heterocycles. The Morgan fingerprint density at radius 2 is 1.92 bits per heavy atom. The highest BCUT2D eigenvalue weighted by Gasteiger charge is 2.10. The van der Waals surface area contributed by atoms with Crippen LogP contribution >= 0.6 is 0 Å². The van der Waals surface area contributed by atoms with Gasteiger partial charge in [-0.2, -0.15) is 8.42 Å². The minimum Gasteiger partial charge on any atom is -0.290 e. The molecule has 65 valence electrons. The summed E-state index contributed by atoms with van der Waals surface area (Å²) in [7, 11) is -4.18. The van der Waals surface area contributed by atoms with Crippen molar-refractivity contribution in [3.05, 3.63) is 23.8 Å². The number of benzene rings is 1. The molecule has 1 radical (unpaired) electrons. The Balaban J connectivity index is 3.33. The van der Waals surface area contributed by atoms with E-state index in [0.717, 1.165) is 18.2 Å². The summed E-state index contributed by atoms with van der Waals surface area (Å²) in [5, 5.41) is 10.8. The van der Waals surface area contributed by atoms with Gasteiger partial charge in [0, 0.05) is 0 Å². The molecule has 0 spiro atoms. The van der Waals surface area contributed by atoms with Gasteiger partial charge in [0.05, 0.1) is 4.90 Å². The van der Waals surface area contributed by atoms with Crippen LogP contribution in [0.25, 0.3) is 0 Å². The van der Waals surface area contributed by atoms with Crippen LogP contribution in [0.15, 0.2) is 23.1 Å². The quantitative estimate of drug-likeness (QED) is 0.675. The second kappa shape index (κ2) is 2.76. The lowest BCUT2D eigenvalue weighted by Gasteiger charge is -1.98. The van der Waals surface area contributed by atoms with Crippen LogP contribution in [0.4, 0.5) is 0 Å². The third-order valence-electron chi connectivity index (χ3n) is 1.44. The summed E-state index contributed by atoms with van der Waals surface area (Å²) in [6.07, 6.45) is 0. The molecule has 1 rings (SSSR count). The average Bonchev–Trinajstić information content (AvgIpc) is 1.92. The molecule has 1 N–H and O–H groups in total. The van der Waals surface area contributed by atoms with Crippen molar-refractivity contribution in [2.75, 3.05) is 0 Å². The van der Waals surface area contributed by atoms with Gasteiger partial charge in [-0.1, -0.05) is 0 Å². The molecule has 0 aliphatic heterocycles. The van der Waals surface area contributed by atoms with E-state index in [4.69, 9.17) is 4.55 Å². The van der Waals surface area contributed by atoms with Gasteiger partial charge in [-0.15, -0.1) is 0 Å². The van der Waals surface area contributed by atoms with Gasteiger partial charge in [-0.05, 0) is 30.7 Å². The maximum absolute atomic E-state index is 10.8. The van der Waals surface area contributed by atoms with E-state index >= 15 is 0 Å². The molecule has 1 aromatic carbocycles. The van der Waals surface area contributed by atoms with Crippen molar-refractivity contribution in [2.45, 2.75) is 11.8 Å². The first-order valence-corrected chi connectivity index (χ1v) is 4.60. The Hall–Kier alpha value is -1.07. The third kappa shape index (κ3) is 1.75. The van der Waals surface area contributed by atoms with Crippen molar-refractivity contribution in [3.63, 3.8) is 0 Å². The van der Waals surface area contributed by atoms with Crippen LogP contribution < -0.4 is 0 Å². The molecule has 12 heavy (non-hydrogen) atoms. The standard InChI is InChI=1S/C7H7O4S/c1-5-4-6(12(9,10)11)2-3-7(5)8/h2-4H,1H3,(H,9,10,11). The molecule has 0 unspecified atom stereocenters. The Bertz CT molecular complexity index is 394. The van der Waals surface area contributed by atoms with Crippen molar-refractivity contribution in [3.8, 4) is 5.75 Å². The predicted octanol–water partition coefficient (Wildman–Crippen LogP) is 1.39. The first-order valence-electron chi connectivity index (χ1n) is 3.16. The van der Waals surface area contributed by atoms with E-state index in [1.807, 2.05) is 0 Å². The lowest BCUT2D eigenvalue weighted by Crippen LogP contribution is -1.97. The zero-order valence-electron chi connectivity index (χ0n) is 6.31. The highest BCUT2D eigenvalue weighted by Crippen LogP contribution is 2.20. The molecule has 0 bridgehead atoms. The lowest BCUT2D eigenvalue weighted by molar-refractivity contribution is 0.351. The van der Waals surface area contributed by atoms with E-state index in [0.29, 0.717) is 5.56 Å². The summed E-state index contributed by atoms with van der Waals surface area (Å²) < 4.78 is 29.7. The first-order chi connectivity index (χ1) is 5.41. The van der Waals surface area contributed by atoms with Crippen LogP contribution in [-0.4, -0.2) is 13.0 Å². The van der Waals surface area contributed by atoms with Crippen LogP contribution in [0.1, 0.15) is 5.56 Å². The zero-order chi connectivity index (χ0) is 9.35. The Morgan fingerprint density at radius 3 is 2.33 bits per heavy atom. The van der Waals surface area contributed by atoms with Crippen LogP contribution in [0.5, 0.6) is 5.75 Å². The van der Waals surface area contributed by atoms with Crippen molar-refractivity contribution in [1.29, 1.82) is 0 Å². The normalized spacial score (nSPS) is 11.5. The van der Waals surface area contributed by atoms with Gasteiger partial charge < -0.3 is 0 Å². The Kier molecular flexibility index (Phi) is 2.08. The summed E-state index contributed by atoms with van der Waals surface area (Å²) in [5.74, 6) is -0.248. The second-order valence-corrected chi connectivity index (χ2v) is 3.82. The van der Waals surface area contributed by atoms with Gasteiger partial charge in [0.2, 0.25) is 0 Å². The average molecular weight is 187 g/mol. The molecule has 0 aromatic heterocycles. The van der Waals surface area contributed by atoms with Gasteiger partial charge in [0.1, 0.15) is 0 Å². The molecule has 0 aliphatic rings. The molecule has 0 heterocycles. The van der Waals surface area contributed by atoms with Crippen LogP contribution in [0.3, 0.4) is 0 Å². The fraction of sp³-hybridized carbons (Fsp3) is 0.143. The van der Waals surface area contributed by atoms with Crippen molar-refractivity contribution >= 4 is 10.1 Å². The van der Waals surface area contributed by atoms with Gasteiger partial charge in [0.25, 0.3) is 10.1 Å². The maximum atomic E-state index is 10.8. The Morgan fingerprint density at radius 1 is 1.33 bits per heavy atom. The third-order valence-corrected chi connectivity index (χ3v) is 2.29. The number of hydrogen-bond acceptors (Lipinski definition) is 2. The number of aryl methyl sites for hydroxylation is 1. The summed E-state index contributed by atoms with van der Waals surface area (Å²) in [4.78, 5) is -0.250. The van der Waals surface area contributed by atoms with Gasteiger partial charge in [-0.3, -0.25) is 9.66 Å². The molecule has 0 amide bonds. The van der Waals surface area contributed by atoms with Gasteiger partial charge in [-0.25, -0.2) is 0 Å². The number of hydrogen-bond donors (Lipinski definition) is 1. The highest BCUT2D eigenvalue weighted by molar-refractivity contribution is 7.85. The maximum Gasteiger partial charge on any atom is 0.294 e. The molecule has 4 nitrogen and oxygen atoms in total. The van der Waals surface area contributed by atoms with Gasteiger partial charge >= 0.3 is 0 Å². The molecule has 0 fully saturated rings. The zero-order valence-corrected chi connectivity index (χ0v) is 7.13. The minimum absolute atomic E-state index is 0.248. The largest absolute Gasteiger partial charge is 0.294 e. The SMILES string of the molecule is Cc1cc(S(=O)(=O)O)ccc1[O]. The lowest BCUT2D eigenvalue weighted by atomic mass is 10.2. The molecular weight excluding hydrogens is 180 g/mol.